The molecule has 1 aromatic rings. The Bertz CT molecular complexity index is 728. The highest BCUT2D eigenvalue weighted by molar-refractivity contribution is 7.98. The number of halogens is 3. The third-order valence-electron chi connectivity index (χ3n) is 5.32. The van der Waals surface area contributed by atoms with Gasteiger partial charge in [0.2, 0.25) is 0 Å². The van der Waals surface area contributed by atoms with E-state index in [0.717, 1.165) is 17.3 Å². The molecule has 1 unspecified atom stereocenters. The van der Waals surface area contributed by atoms with Crippen molar-refractivity contribution in [2.75, 3.05) is 26.5 Å². The van der Waals surface area contributed by atoms with Gasteiger partial charge in [-0.1, -0.05) is 12.1 Å². The van der Waals surface area contributed by atoms with E-state index in [9.17, 15) is 27.9 Å². The summed E-state index contributed by atoms with van der Waals surface area (Å²) in [5.41, 5.74) is 0.778. The van der Waals surface area contributed by atoms with Gasteiger partial charge in [-0.05, 0) is 24.6 Å². The highest BCUT2D eigenvalue weighted by Crippen LogP contribution is 2.38. The fourth-order valence-corrected chi connectivity index (χ4v) is 4.69. The van der Waals surface area contributed by atoms with Crippen LogP contribution >= 0.6 is 11.8 Å². The van der Waals surface area contributed by atoms with Crippen molar-refractivity contribution in [2.24, 2.45) is 5.92 Å². The van der Waals surface area contributed by atoms with E-state index in [2.05, 4.69) is 0 Å². The summed E-state index contributed by atoms with van der Waals surface area (Å²) in [6, 6.07) is 6.05. The van der Waals surface area contributed by atoms with Crippen LogP contribution in [0.2, 0.25) is 0 Å². The summed E-state index contributed by atoms with van der Waals surface area (Å²) < 4.78 is 50.0. The second-order valence-corrected chi connectivity index (χ2v) is 8.10. The largest absolute Gasteiger partial charge is 0.521 e. The number of nitrogens with zero attached hydrogens (tertiary/aromatic N) is 1. The Balaban J connectivity index is 2.17. The van der Waals surface area contributed by atoms with E-state index in [1.54, 1.807) is 24.3 Å². The van der Waals surface area contributed by atoms with Gasteiger partial charge >= 0.3 is 18.2 Å². The molecule has 4 atom stereocenters. The second-order valence-electron chi connectivity index (χ2n) is 7.07. The Kier molecular flexibility index (Phi) is 7.58. The van der Waals surface area contributed by atoms with Gasteiger partial charge in [0.05, 0.1) is 7.11 Å². The summed E-state index contributed by atoms with van der Waals surface area (Å²) >= 11 is 0.944. The number of ether oxygens (including phenoxy) is 2. The van der Waals surface area contributed by atoms with E-state index in [1.807, 2.05) is 0 Å². The first-order valence-corrected chi connectivity index (χ1v) is 10.2. The van der Waals surface area contributed by atoms with Gasteiger partial charge in [-0.25, -0.2) is 4.79 Å². The van der Waals surface area contributed by atoms with Crippen LogP contribution in [0.3, 0.4) is 0 Å². The molecule has 1 heterocycles. The van der Waals surface area contributed by atoms with Crippen molar-refractivity contribution < 1.29 is 41.8 Å². The Morgan fingerprint density at radius 2 is 1.90 bits per heavy atom. The number of thioether (sulfide) groups is 1. The van der Waals surface area contributed by atoms with E-state index in [4.69, 9.17) is 9.47 Å². The molecule has 10 heteroatoms. The van der Waals surface area contributed by atoms with Crippen LogP contribution in [0.15, 0.2) is 24.3 Å². The molecule has 1 aliphatic heterocycles. The number of hydrogen-bond acceptors (Lipinski definition) is 5. The molecule has 1 fully saturated rings. The molecule has 0 bridgehead atoms. The summed E-state index contributed by atoms with van der Waals surface area (Å²) in [6.45, 7) is 1.17. The normalized spacial score (nSPS) is 25.6. The fraction of sp³-hybridized carbons (Fsp3) is 0.579. The number of alkyl halides is 3. The number of amides is 2. The van der Waals surface area contributed by atoms with Gasteiger partial charge in [0.25, 0.3) is 0 Å². The van der Waals surface area contributed by atoms with Gasteiger partial charge in [0.15, 0.2) is 5.92 Å². The van der Waals surface area contributed by atoms with Crippen LogP contribution in [-0.2, 0) is 15.3 Å². The monoisotopic (exact) mass is 436 g/mol. The zero-order valence-electron chi connectivity index (χ0n) is 16.4. The topological polar surface area (TPSA) is 72.8 Å². The maximum atomic E-state index is 13.7. The quantitative estimate of drug-likeness (QED) is 0.653. The standard InChI is InChI=1S/C19H24F3NO5S/c1-12-8-15(28-3)9-23(12,18(25)26)17(24)16(19(20,21)22)11-29-10-13-4-6-14(27-2)7-5-13/h4-7,12,15-16H,8-11H2,1-3H3/p+1/t12-,15-,16?,23-/m1/s1. The molecule has 0 radical (unpaired) electrons. The van der Waals surface area contributed by atoms with E-state index in [-0.39, 0.29) is 18.7 Å². The zero-order chi connectivity index (χ0) is 21.8. The van der Waals surface area contributed by atoms with Gasteiger partial charge < -0.3 is 14.6 Å². The van der Waals surface area contributed by atoms with Crippen molar-refractivity contribution in [1.82, 2.24) is 0 Å². The lowest BCUT2D eigenvalue weighted by molar-refractivity contribution is -0.796. The first-order valence-electron chi connectivity index (χ1n) is 9.02. The summed E-state index contributed by atoms with van der Waals surface area (Å²) in [7, 11) is 2.87. The van der Waals surface area contributed by atoms with Crippen molar-refractivity contribution in [3.8, 4) is 5.75 Å². The molecule has 162 valence electrons. The Morgan fingerprint density at radius 1 is 1.28 bits per heavy atom. The minimum atomic E-state index is -4.84. The number of quaternary nitrogens is 1. The Morgan fingerprint density at radius 3 is 2.34 bits per heavy atom. The van der Waals surface area contributed by atoms with Gasteiger partial charge in [0, 0.05) is 25.0 Å². The van der Waals surface area contributed by atoms with Crippen molar-refractivity contribution in [2.45, 2.75) is 37.4 Å². The van der Waals surface area contributed by atoms with Crippen LogP contribution < -0.4 is 4.74 Å². The van der Waals surface area contributed by atoms with E-state index in [0.29, 0.717) is 5.75 Å². The third-order valence-corrected chi connectivity index (χ3v) is 6.43. The fourth-order valence-electron chi connectivity index (χ4n) is 3.58. The van der Waals surface area contributed by atoms with Gasteiger partial charge in [-0.3, -0.25) is 0 Å². The molecule has 0 spiro atoms. The first kappa shape index (κ1) is 23.5. The van der Waals surface area contributed by atoms with Crippen LogP contribution in [0.4, 0.5) is 18.0 Å². The number of methoxy groups -OCH3 is 2. The second kappa shape index (κ2) is 9.36. The van der Waals surface area contributed by atoms with Crippen molar-refractivity contribution >= 4 is 23.8 Å². The summed E-state index contributed by atoms with van der Waals surface area (Å²) in [5.74, 6) is -3.37. The molecule has 0 saturated carbocycles. The number of carboxylic acid groups (broad SMARTS) is 1. The number of likely N-dealkylation sites (tertiary alicyclic amines) is 1. The molecule has 6 nitrogen and oxygen atoms in total. The SMILES string of the molecule is COc1ccc(CSCC(C(=O)[N@@+]2(C(=O)O)C[C@H](OC)C[C@H]2C)C(F)(F)F)cc1. The number of carbonyl (C=O) groups is 2. The minimum absolute atomic E-state index is 0.206. The molecule has 29 heavy (non-hydrogen) atoms. The number of hydrogen-bond donors (Lipinski definition) is 1. The Labute approximate surface area is 171 Å². The highest BCUT2D eigenvalue weighted by atomic mass is 32.2. The molecule has 2 amide bonds. The summed E-state index contributed by atoms with van der Waals surface area (Å²) in [5, 5.41) is 9.70. The van der Waals surface area contributed by atoms with Crippen LogP contribution in [0.25, 0.3) is 0 Å². The molecule has 1 aliphatic rings. The molecule has 1 N–H and O–H groups in total. The van der Waals surface area contributed by atoms with Gasteiger partial charge in [-0.15, -0.1) is 0 Å². The van der Waals surface area contributed by atoms with Crippen molar-refractivity contribution in [3.63, 3.8) is 0 Å². The lowest BCUT2D eigenvalue weighted by atomic mass is 10.1. The summed E-state index contributed by atoms with van der Waals surface area (Å²) in [4.78, 5) is 24.9. The number of benzene rings is 1. The molecule has 1 saturated heterocycles. The van der Waals surface area contributed by atoms with Crippen molar-refractivity contribution in [3.05, 3.63) is 29.8 Å². The zero-order valence-corrected chi connectivity index (χ0v) is 17.3. The predicted octanol–water partition coefficient (Wildman–Crippen LogP) is 3.94. The van der Waals surface area contributed by atoms with Crippen LogP contribution in [0, 0.1) is 5.92 Å². The lowest BCUT2D eigenvalue weighted by Crippen LogP contribution is -2.63. The predicted molar refractivity (Wildman–Crippen MR) is 102 cm³/mol. The molecular weight excluding hydrogens is 411 g/mol. The third kappa shape index (κ3) is 5.04. The average Bonchev–Trinajstić information content (AvgIpc) is 3.02. The minimum Gasteiger partial charge on any atom is -0.497 e. The molecule has 0 aliphatic carbocycles. The number of carbonyl (C=O) groups excluding carboxylic acids is 1. The van der Waals surface area contributed by atoms with E-state index >= 15 is 0 Å². The number of rotatable bonds is 7. The van der Waals surface area contributed by atoms with E-state index in [1.165, 1.54) is 21.1 Å². The molecule has 1 aromatic carbocycles. The Hall–Kier alpha value is -1.78. The smallest absolute Gasteiger partial charge is 0.497 e. The first-order chi connectivity index (χ1) is 13.6. The van der Waals surface area contributed by atoms with Gasteiger partial charge in [0.1, 0.15) is 24.4 Å². The summed E-state index contributed by atoms with van der Waals surface area (Å²) in [6.07, 6.45) is -6.78. The average molecular weight is 436 g/mol. The van der Waals surface area contributed by atoms with Crippen LogP contribution in [0.5, 0.6) is 5.75 Å². The molecular formula is C19H25F3NO5S+. The van der Waals surface area contributed by atoms with Gasteiger partial charge in [-0.2, -0.15) is 34.2 Å². The maximum absolute atomic E-state index is 13.7. The van der Waals surface area contributed by atoms with Crippen molar-refractivity contribution in [1.29, 1.82) is 0 Å². The maximum Gasteiger partial charge on any atom is 0.521 e. The van der Waals surface area contributed by atoms with E-state index < -0.39 is 46.5 Å². The van der Waals surface area contributed by atoms with Crippen LogP contribution in [-0.4, -0.2) is 66.4 Å². The molecule has 0 aromatic heterocycles. The van der Waals surface area contributed by atoms with Crippen LogP contribution in [0.1, 0.15) is 18.9 Å². The number of imide groups is 1. The molecule has 2 rings (SSSR count). The highest BCUT2D eigenvalue weighted by Gasteiger charge is 2.63. The lowest BCUT2D eigenvalue weighted by Gasteiger charge is -2.33.